The van der Waals surface area contributed by atoms with E-state index in [4.69, 9.17) is 13.9 Å². The average Bonchev–Trinajstić information content (AvgIpc) is 3.09. The molecule has 0 radical (unpaired) electrons. The summed E-state index contributed by atoms with van der Waals surface area (Å²) in [6.07, 6.45) is -1.09. The number of nitrogens with zero attached hydrogens (tertiary/aromatic N) is 2. The Kier molecular flexibility index (Phi) is 6.08. The third kappa shape index (κ3) is 4.89. The first-order valence-electron chi connectivity index (χ1n) is 8.74. The van der Waals surface area contributed by atoms with Crippen molar-refractivity contribution in [3.05, 3.63) is 65.1 Å². The normalized spacial score (nSPS) is 11.5. The number of para-hydroxylation sites is 2. The molecule has 0 spiro atoms. The molecular weight excluding hydrogens is 378 g/mol. The molecule has 1 atom stereocenters. The highest BCUT2D eigenvalue weighted by molar-refractivity contribution is 5.96. The number of methoxy groups -OCH3 is 1. The smallest absolute Gasteiger partial charge is 0.437 e. The maximum atomic E-state index is 12.3. The van der Waals surface area contributed by atoms with Crippen LogP contribution in [0, 0.1) is 0 Å². The zero-order chi connectivity index (χ0) is 20.8. The number of rotatable bonds is 7. The number of aromatic nitrogens is 2. The lowest BCUT2D eigenvalue weighted by molar-refractivity contribution is -0.154. The highest BCUT2D eigenvalue weighted by Gasteiger charge is 2.21. The van der Waals surface area contributed by atoms with Gasteiger partial charge in [-0.3, -0.25) is 9.59 Å². The van der Waals surface area contributed by atoms with E-state index in [1.165, 1.54) is 14.0 Å². The summed E-state index contributed by atoms with van der Waals surface area (Å²) >= 11 is 0. The molecule has 29 heavy (non-hydrogen) atoms. The molecule has 9 heteroatoms. The molecule has 0 saturated heterocycles. The van der Waals surface area contributed by atoms with Crippen LogP contribution in [-0.4, -0.2) is 34.9 Å². The maximum Gasteiger partial charge on any atom is 0.437 e. The Hall–Kier alpha value is -3.88. The van der Waals surface area contributed by atoms with E-state index in [0.717, 1.165) is 4.68 Å². The highest BCUT2D eigenvalue weighted by atomic mass is 16.5. The number of benzene rings is 2. The standard InChI is InChI=1S/C20H19N3O6/c1-13(18(25)21-15-10-6-7-11-16(15)27-2)28-17(24)12-23-20(26)29-19(22-23)14-8-4-3-5-9-14/h3-11,13H,12H2,1-2H3,(H,21,25)/t13-/m0/s1. The molecule has 1 aromatic heterocycles. The van der Waals surface area contributed by atoms with E-state index in [0.29, 0.717) is 17.0 Å². The van der Waals surface area contributed by atoms with Crippen LogP contribution in [0.15, 0.2) is 63.8 Å². The first-order chi connectivity index (χ1) is 14.0. The van der Waals surface area contributed by atoms with Gasteiger partial charge in [-0.1, -0.05) is 30.3 Å². The van der Waals surface area contributed by atoms with Crippen LogP contribution in [0.2, 0.25) is 0 Å². The van der Waals surface area contributed by atoms with Gasteiger partial charge in [-0.2, -0.15) is 4.68 Å². The third-order valence-corrected chi connectivity index (χ3v) is 3.95. The predicted octanol–water partition coefficient (Wildman–Crippen LogP) is 2.08. The quantitative estimate of drug-likeness (QED) is 0.607. The number of ether oxygens (including phenoxy) is 2. The first-order valence-corrected chi connectivity index (χ1v) is 8.74. The average molecular weight is 397 g/mol. The lowest BCUT2D eigenvalue weighted by Gasteiger charge is -2.14. The van der Waals surface area contributed by atoms with Crippen molar-refractivity contribution in [2.75, 3.05) is 12.4 Å². The summed E-state index contributed by atoms with van der Waals surface area (Å²) in [4.78, 5) is 36.3. The molecule has 0 unspecified atom stereocenters. The van der Waals surface area contributed by atoms with E-state index in [9.17, 15) is 14.4 Å². The lowest BCUT2D eigenvalue weighted by atomic mass is 10.2. The molecule has 2 aromatic carbocycles. The van der Waals surface area contributed by atoms with Crippen molar-refractivity contribution >= 4 is 17.6 Å². The molecule has 150 valence electrons. The largest absolute Gasteiger partial charge is 0.495 e. The van der Waals surface area contributed by atoms with Crippen LogP contribution >= 0.6 is 0 Å². The summed E-state index contributed by atoms with van der Waals surface area (Å²) in [5.41, 5.74) is 1.05. The number of esters is 1. The van der Waals surface area contributed by atoms with Crippen LogP contribution in [0.25, 0.3) is 11.5 Å². The number of hydrogen-bond donors (Lipinski definition) is 1. The summed E-state index contributed by atoms with van der Waals surface area (Å²) in [6.45, 7) is 0.936. The SMILES string of the molecule is COc1ccccc1NC(=O)[C@H](C)OC(=O)Cn1nc(-c2ccccc2)oc1=O. The van der Waals surface area contributed by atoms with E-state index in [1.807, 2.05) is 6.07 Å². The van der Waals surface area contributed by atoms with Crippen LogP contribution in [0.1, 0.15) is 6.92 Å². The van der Waals surface area contributed by atoms with Gasteiger partial charge >= 0.3 is 11.7 Å². The van der Waals surface area contributed by atoms with Gasteiger partial charge in [0.1, 0.15) is 12.3 Å². The van der Waals surface area contributed by atoms with E-state index in [2.05, 4.69) is 10.4 Å². The molecule has 1 amide bonds. The Labute approximate surface area is 165 Å². The molecule has 0 bridgehead atoms. The van der Waals surface area contributed by atoms with Crippen LogP contribution in [0.3, 0.4) is 0 Å². The Balaban J connectivity index is 1.61. The maximum absolute atomic E-state index is 12.3. The van der Waals surface area contributed by atoms with Crippen molar-refractivity contribution in [3.63, 3.8) is 0 Å². The summed E-state index contributed by atoms with van der Waals surface area (Å²) in [7, 11) is 1.48. The minimum absolute atomic E-state index is 0.0883. The van der Waals surface area contributed by atoms with E-state index in [1.54, 1.807) is 48.5 Å². The van der Waals surface area contributed by atoms with Crippen molar-refractivity contribution < 1.29 is 23.5 Å². The fourth-order valence-corrected chi connectivity index (χ4v) is 2.50. The van der Waals surface area contributed by atoms with Crippen LogP contribution in [-0.2, 0) is 20.9 Å². The van der Waals surface area contributed by atoms with Gasteiger partial charge in [-0.25, -0.2) is 4.79 Å². The van der Waals surface area contributed by atoms with Crippen LogP contribution in [0.4, 0.5) is 5.69 Å². The fraction of sp³-hybridized carbons (Fsp3) is 0.200. The molecule has 0 aliphatic carbocycles. The molecular formula is C20H19N3O6. The van der Waals surface area contributed by atoms with Gasteiger partial charge in [0.2, 0.25) is 5.89 Å². The topological polar surface area (TPSA) is 113 Å². The monoisotopic (exact) mass is 397 g/mol. The van der Waals surface area contributed by atoms with Crippen molar-refractivity contribution in [1.29, 1.82) is 0 Å². The fourth-order valence-electron chi connectivity index (χ4n) is 2.50. The Bertz CT molecular complexity index is 1060. The summed E-state index contributed by atoms with van der Waals surface area (Å²) < 4.78 is 16.2. The van der Waals surface area contributed by atoms with E-state index >= 15 is 0 Å². The Morgan fingerprint density at radius 1 is 1.14 bits per heavy atom. The lowest BCUT2D eigenvalue weighted by Crippen LogP contribution is -2.32. The number of carbonyl (C=O) groups is 2. The Morgan fingerprint density at radius 2 is 1.83 bits per heavy atom. The van der Waals surface area contributed by atoms with Gasteiger partial charge in [0, 0.05) is 5.56 Å². The number of carbonyl (C=O) groups excluding carboxylic acids is 2. The van der Waals surface area contributed by atoms with Crippen molar-refractivity contribution in [3.8, 4) is 17.2 Å². The molecule has 9 nitrogen and oxygen atoms in total. The van der Waals surface area contributed by atoms with Crippen molar-refractivity contribution in [2.24, 2.45) is 0 Å². The van der Waals surface area contributed by atoms with Gasteiger partial charge in [-0.05, 0) is 31.2 Å². The highest BCUT2D eigenvalue weighted by Crippen LogP contribution is 2.23. The van der Waals surface area contributed by atoms with E-state index < -0.39 is 30.3 Å². The molecule has 0 saturated carbocycles. The zero-order valence-corrected chi connectivity index (χ0v) is 15.8. The minimum Gasteiger partial charge on any atom is -0.495 e. The summed E-state index contributed by atoms with van der Waals surface area (Å²) in [5.74, 6) is -1.58. The van der Waals surface area contributed by atoms with Gasteiger partial charge < -0.3 is 19.2 Å². The molecule has 3 aromatic rings. The van der Waals surface area contributed by atoms with Gasteiger partial charge in [0.25, 0.3) is 5.91 Å². The van der Waals surface area contributed by atoms with E-state index in [-0.39, 0.29) is 5.89 Å². The minimum atomic E-state index is -1.09. The number of hydrogen-bond acceptors (Lipinski definition) is 7. The molecule has 3 rings (SSSR count). The van der Waals surface area contributed by atoms with Crippen LogP contribution < -0.4 is 15.8 Å². The number of nitrogens with one attached hydrogen (secondary N) is 1. The summed E-state index contributed by atoms with van der Waals surface area (Å²) in [6, 6.07) is 15.6. The Morgan fingerprint density at radius 3 is 2.55 bits per heavy atom. The number of amides is 1. The van der Waals surface area contributed by atoms with Gasteiger partial charge in [0.05, 0.1) is 12.8 Å². The van der Waals surface area contributed by atoms with Crippen molar-refractivity contribution in [1.82, 2.24) is 9.78 Å². The molecule has 0 fully saturated rings. The zero-order valence-electron chi connectivity index (χ0n) is 15.8. The predicted molar refractivity (Wildman–Crippen MR) is 103 cm³/mol. The van der Waals surface area contributed by atoms with Gasteiger partial charge in [0.15, 0.2) is 6.10 Å². The molecule has 1 heterocycles. The van der Waals surface area contributed by atoms with Crippen LogP contribution in [0.5, 0.6) is 5.75 Å². The molecule has 0 aliphatic rings. The second kappa shape index (κ2) is 8.87. The van der Waals surface area contributed by atoms with Crippen molar-refractivity contribution in [2.45, 2.75) is 19.6 Å². The summed E-state index contributed by atoms with van der Waals surface area (Å²) in [5, 5.41) is 6.61. The number of anilines is 1. The second-order valence-corrected chi connectivity index (χ2v) is 6.02. The molecule has 0 aliphatic heterocycles. The third-order valence-electron chi connectivity index (χ3n) is 3.95. The molecule has 1 N–H and O–H groups in total. The first kappa shape index (κ1) is 19.9. The van der Waals surface area contributed by atoms with Gasteiger partial charge in [-0.15, -0.1) is 5.10 Å². The second-order valence-electron chi connectivity index (χ2n) is 6.02.